The lowest BCUT2D eigenvalue weighted by Crippen LogP contribution is -2.51. The van der Waals surface area contributed by atoms with Crippen molar-refractivity contribution in [2.45, 2.75) is 39.3 Å². The van der Waals surface area contributed by atoms with Crippen molar-refractivity contribution < 1.29 is 19.5 Å². The number of anilines is 1. The first-order chi connectivity index (χ1) is 19.5. The van der Waals surface area contributed by atoms with Crippen molar-refractivity contribution in [2.75, 3.05) is 5.32 Å². The van der Waals surface area contributed by atoms with Crippen LogP contribution in [0.3, 0.4) is 0 Å². The number of hydrogen-bond acceptors (Lipinski definition) is 5. The highest BCUT2D eigenvalue weighted by atomic mass is 16.4. The second-order valence-corrected chi connectivity index (χ2v) is 10.8. The van der Waals surface area contributed by atoms with E-state index < -0.39 is 35.3 Å². The normalized spacial score (nSPS) is 12.5. The van der Waals surface area contributed by atoms with Crippen LogP contribution < -0.4 is 10.6 Å². The first-order valence-electron chi connectivity index (χ1n) is 13.1. The molecular weight excluding hydrogens is 518 g/mol. The van der Waals surface area contributed by atoms with Gasteiger partial charge in [0.2, 0.25) is 11.8 Å². The SMILES string of the molecule is CC(C)(C)[C@H](NC(=O)C[C@H](C(=O)O)n1ccc(-c2ccc(-c3ccc(C#N)cc3)cc2)c1)C(=O)Nc1ccncc1. The van der Waals surface area contributed by atoms with Crippen molar-refractivity contribution in [3.05, 3.63) is 97.1 Å². The Kier molecular flexibility index (Phi) is 8.63. The quantitative estimate of drug-likeness (QED) is 0.260. The van der Waals surface area contributed by atoms with Crippen LogP contribution in [-0.2, 0) is 14.4 Å². The van der Waals surface area contributed by atoms with Crippen molar-refractivity contribution >= 4 is 23.5 Å². The molecule has 2 aromatic carbocycles. The van der Waals surface area contributed by atoms with E-state index in [1.807, 2.05) is 57.2 Å². The van der Waals surface area contributed by atoms with Gasteiger partial charge in [0.25, 0.3) is 0 Å². The number of aromatic nitrogens is 2. The zero-order valence-corrected chi connectivity index (χ0v) is 23.0. The molecule has 0 fully saturated rings. The Labute approximate surface area is 238 Å². The lowest BCUT2D eigenvalue weighted by atomic mass is 9.86. The Morgan fingerprint density at radius 2 is 1.46 bits per heavy atom. The van der Waals surface area contributed by atoms with Crippen LogP contribution in [0, 0.1) is 16.7 Å². The number of carbonyl (C=O) groups is 3. The number of pyridine rings is 1. The predicted octanol–water partition coefficient (Wildman–Crippen LogP) is 5.27. The fourth-order valence-electron chi connectivity index (χ4n) is 4.41. The van der Waals surface area contributed by atoms with E-state index in [0.717, 1.165) is 22.3 Å². The molecule has 0 saturated heterocycles. The van der Waals surface area contributed by atoms with Gasteiger partial charge in [0.05, 0.1) is 18.1 Å². The van der Waals surface area contributed by atoms with Crippen molar-refractivity contribution in [1.82, 2.24) is 14.9 Å². The summed E-state index contributed by atoms with van der Waals surface area (Å²) in [6, 6.07) is 20.2. The first-order valence-corrected chi connectivity index (χ1v) is 13.1. The number of nitriles is 1. The topological polar surface area (TPSA) is 137 Å². The second kappa shape index (κ2) is 12.3. The summed E-state index contributed by atoms with van der Waals surface area (Å²) in [4.78, 5) is 42.2. The molecule has 0 aliphatic heterocycles. The van der Waals surface area contributed by atoms with Crippen LogP contribution in [-0.4, -0.2) is 38.5 Å². The van der Waals surface area contributed by atoms with E-state index in [9.17, 15) is 19.5 Å². The summed E-state index contributed by atoms with van der Waals surface area (Å²) in [6.45, 7) is 5.47. The Morgan fingerprint density at radius 3 is 2.00 bits per heavy atom. The van der Waals surface area contributed by atoms with Crippen LogP contribution >= 0.6 is 0 Å². The lowest BCUT2D eigenvalue weighted by molar-refractivity contribution is -0.143. The molecule has 0 spiro atoms. The maximum atomic E-state index is 13.0. The summed E-state index contributed by atoms with van der Waals surface area (Å²) in [6.07, 6.45) is 6.07. The Hall–Kier alpha value is -5.23. The number of nitrogens with zero attached hydrogens (tertiary/aromatic N) is 3. The standard InChI is InChI=1S/C32H31N5O4/c1-32(2,3)29(30(39)35-26-12-15-34-16-13-26)36-28(38)18-27(31(40)41)37-17-14-25(20-37)24-10-8-23(9-11-24)22-6-4-21(19-33)5-7-22/h4-17,20,27,29H,18H2,1-3H3,(H,36,38)(H,40,41)(H,34,35,39)/t27-,29-/m1/s1. The largest absolute Gasteiger partial charge is 0.480 e. The second-order valence-electron chi connectivity index (χ2n) is 10.8. The summed E-state index contributed by atoms with van der Waals surface area (Å²) >= 11 is 0. The molecule has 208 valence electrons. The maximum absolute atomic E-state index is 13.0. The summed E-state index contributed by atoms with van der Waals surface area (Å²) < 4.78 is 1.49. The number of hydrogen-bond donors (Lipinski definition) is 3. The molecule has 41 heavy (non-hydrogen) atoms. The molecule has 9 heteroatoms. The lowest BCUT2D eigenvalue weighted by Gasteiger charge is -2.30. The minimum atomic E-state index is -1.16. The van der Waals surface area contributed by atoms with Gasteiger partial charge >= 0.3 is 5.97 Å². The van der Waals surface area contributed by atoms with Gasteiger partial charge < -0.3 is 20.3 Å². The Balaban J connectivity index is 1.46. The Morgan fingerprint density at radius 1 is 0.902 bits per heavy atom. The van der Waals surface area contributed by atoms with Crippen molar-refractivity contribution in [1.29, 1.82) is 5.26 Å². The minimum Gasteiger partial charge on any atom is -0.480 e. The summed E-state index contributed by atoms with van der Waals surface area (Å²) in [5.74, 6) is -2.12. The average Bonchev–Trinajstić information content (AvgIpc) is 3.44. The smallest absolute Gasteiger partial charge is 0.327 e. The zero-order chi connectivity index (χ0) is 29.6. The van der Waals surface area contributed by atoms with Gasteiger partial charge in [-0.05, 0) is 58.0 Å². The van der Waals surface area contributed by atoms with E-state index >= 15 is 0 Å². The molecule has 0 radical (unpaired) electrons. The van der Waals surface area contributed by atoms with Gasteiger partial charge in [-0.15, -0.1) is 0 Å². The Bertz CT molecular complexity index is 1560. The van der Waals surface area contributed by atoms with E-state index in [4.69, 9.17) is 5.26 Å². The molecule has 0 bridgehead atoms. The highest BCUT2D eigenvalue weighted by Gasteiger charge is 2.34. The van der Waals surface area contributed by atoms with E-state index in [2.05, 4.69) is 21.7 Å². The molecule has 2 heterocycles. The summed E-state index contributed by atoms with van der Waals surface area (Å²) in [5.41, 5.74) is 4.16. The molecule has 3 N–H and O–H groups in total. The van der Waals surface area contributed by atoms with Gasteiger partial charge in [-0.1, -0.05) is 57.2 Å². The molecule has 2 amide bonds. The van der Waals surface area contributed by atoms with Gasteiger partial charge in [-0.2, -0.15) is 5.26 Å². The third-order valence-electron chi connectivity index (χ3n) is 6.69. The molecule has 9 nitrogen and oxygen atoms in total. The van der Waals surface area contributed by atoms with Crippen LogP contribution in [0.5, 0.6) is 0 Å². The number of nitrogens with one attached hydrogen (secondary N) is 2. The molecule has 2 atom stereocenters. The van der Waals surface area contributed by atoms with Gasteiger partial charge in [0.15, 0.2) is 0 Å². The summed E-state index contributed by atoms with van der Waals surface area (Å²) in [7, 11) is 0. The van der Waals surface area contributed by atoms with Crippen LogP contribution in [0.25, 0.3) is 22.3 Å². The van der Waals surface area contributed by atoms with Gasteiger partial charge in [-0.25, -0.2) is 4.79 Å². The van der Waals surface area contributed by atoms with E-state index in [1.54, 1.807) is 55.1 Å². The number of amides is 2. The molecular formula is C32H31N5O4. The number of carboxylic acid groups (broad SMARTS) is 1. The fourth-order valence-corrected chi connectivity index (χ4v) is 4.41. The third kappa shape index (κ3) is 7.25. The van der Waals surface area contributed by atoms with Crippen LogP contribution in [0.15, 0.2) is 91.5 Å². The number of benzene rings is 2. The fraction of sp³-hybridized carbons (Fsp3) is 0.219. The van der Waals surface area contributed by atoms with E-state index in [-0.39, 0.29) is 6.42 Å². The molecule has 4 rings (SSSR count). The third-order valence-corrected chi connectivity index (χ3v) is 6.69. The molecule has 0 aliphatic rings. The minimum absolute atomic E-state index is 0.351. The van der Waals surface area contributed by atoms with Crippen LogP contribution in [0.1, 0.15) is 38.8 Å². The monoisotopic (exact) mass is 549 g/mol. The highest BCUT2D eigenvalue weighted by Crippen LogP contribution is 2.27. The van der Waals surface area contributed by atoms with Gasteiger partial charge in [0.1, 0.15) is 12.1 Å². The van der Waals surface area contributed by atoms with Gasteiger partial charge in [0, 0.05) is 30.5 Å². The van der Waals surface area contributed by atoms with E-state index in [1.165, 1.54) is 4.57 Å². The first kappa shape index (κ1) is 28.8. The summed E-state index contributed by atoms with van der Waals surface area (Å²) in [5, 5.41) is 24.5. The molecule has 2 aromatic heterocycles. The zero-order valence-electron chi connectivity index (χ0n) is 23.0. The average molecular weight is 550 g/mol. The molecule has 4 aromatic rings. The molecule has 0 unspecified atom stereocenters. The number of carbonyl (C=O) groups excluding carboxylic acids is 2. The number of aliphatic carboxylic acids is 1. The maximum Gasteiger partial charge on any atom is 0.327 e. The number of carboxylic acids is 1. The number of rotatable bonds is 9. The van der Waals surface area contributed by atoms with Crippen molar-refractivity contribution in [3.8, 4) is 28.3 Å². The molecule has 0 aliphatic carbocycles. The predicted molar refractivity (Wildman–Crippen MR) is 156 cm³/mol. The van der Waals surface area contributed by atoms with E-state index in [0.29, 0.717) is 11.3 Å². The van der Waals surface area contributed by atoms with Gasteiger partial charge in [-0.3, -0.25) is 14.6 Å². The van der Waals surface area contributed by atoms with Crippen molar-refractivity contribution in [2.24, 2.45) is 5.41 Å². The highest BCUT2D eigenvalue weighted by molar-refractivity contribution is 5.98. The molecule has 0 saturated carbocycles. The van der Waals surface area contributed by atoms with Crippen LogP contribution in [0.4, 0.5) is 5.69 Å². The van der Waals surface area contributed by atoms with Crippen LogP contribution in [0.2, 0.25) is 0 Å². The van der Waals surface area contributed by atoms with Crippen molar-refractivity contribution in [3.63, 3.8) is 0 Å².